The van der Waals surface area contributed by atoms with Crippen molar-refractivity contribution in [1.29, 1.82) is 0 Å². The fourth-order valence-corrected chi connectivity index (χ4v) is 6.80. The van der Waals surface area contributed by atoms with Gasteiger partial charge in [0.25, 0.3) is 23.0 Å². The first kappa shape index (κ1) is 30.4. The highest BCUT2D eigenvalue weighted by molar-refractivity contribution is 7.85. The van der Waals surface area contributed by atoms with Crippen molar-refractivity contribution in [2.45, 2.75) is 56.4 Å². The Hall–Kier alpha value is -3.08. The highest BCUT2D eigenvalue weighted by Crippen LogP contribution is 2.36. The topological polar surface area (TPSA) is 127 Å². The fourth-order valence-electron chi connectivity index (χ4n) is 4.96. The van der Waals surface area contributed by atoms with E-state index in [-0.39, 0.29) is 5.92 Å². The first-order valence-corrected chi connectivity index (χ1v) is 15.6. The van der Waals surface area contributed by atoms with Crippen molar-refractivity contribution in [3.8, 4) is 0 Å². The summed E-state index contributed by atoms with van der Waals surface area (Å²) in [7, 11) is -4.28. The van der Waals surface area contributed by atoms with Crippen LogP contribution in [-0.2, 0) is 32.0 Å². The van der Waals surface area contributed by atoms with Crippen LogP contribution in [0.1, 0.15) is 77.4 Å². The van der Waals surface area contributed by atoms with Gasteiger partial charge in [0.2, 0.25) is 5.91 Å². The van der Waals surface area contributed by atoms with Crippen molar-refractivity contribution in [3.63, 3.8) is 0 Å². The van der Waals surface area contributed by atoms with E-state index in [1.54, 1.807) is 6.07 Å². The van der Waals surface area contributed by atoms with Crippen molar-refractivity contribution in [2.24, 2.45) is 5.16 Å². The summed E-state index contributed by atoms with van der Waals surface area (Å²) < 4.78 is 85.3. The summed E-state index contributed by atoms with van der Waals surface area (Å²) >= 11 is 7.53. The number of piperidine rings is 1. The SMILES string of the molecule is O=C(Cn1nc(C(F)F)cc1C(F)F)N1CCC(c2nc(C3=NOC(c4cc(Cl)ccc4CS(=O)(=O)O)C3)cs2)CC1. The van der Waals surface area contributed by atoms with E-state index in [0.717, 1.165) is 5.01 Å². The number of rotatable bonds is 9. The Labute approximate surface area is 246 Å². The number of halogens is 5. The summed E-state index contributed by atoms with van der Waals surface area (Å²) in [6, 6.07) is 5.22. The monoisotopic (exact) mass is 649 g/mol. The maximum Gasteiger partial charge on any atom is 0.282 e. The van der Waals surface area contributed by atoms with Crippen molar-refractivity contribution in [1.82, 2.24) is 19.7 Å². The van der Waals surface area contributed by atoms with Crippen molar-refractivity contribution >= 4 is 44.7 Å². The second kappa shape index (κ2) is 12.3. The Bertz CT molecular complexity index is 1610. The third-order valence-electron chi connectivity index (χ3n) is 7.04. The van der Waals surface area contributed by atoms with Gasteiger partial charge in [0, 0.05) is 41.4 Å². The Morgan fingerprint density at radius 1 is 1.17 bits per heavy atom. The summed E-state index contributed by atoms with van der Waals surface area (Å²) in [5.41, 5.74) is 0.470. The molecule has 10 nitrogen and oxygen atoms in total. The summed E-state index contributed by atoms with van der Waals surface area (Å²) in [6.07, 6.45) is -5.26. The molecule has 1 amide bonds. The highest BCUT2D eigenvalue weighted by Gasteiger charge is 2.31. The van der Waals surface area contributed by atoms with E-state index in [4.69, 9.17) is 21.4 Å². The van der Waals surface area contributed by atoms with Crippen LogP contribution < -0.4 is 0 Å². The normalized spacial score (nSPS) is 18.1. The number of carbonyl (C=O) groups excluding carboxylic acids is 1. The van der Waals surface area contributed by atoms with E-state index >= 15 is 0 Å². The van der Waals surface area contributed by atoms with Crippen molar-refractivity contribution in [3.05, 3.63) is 67.9 Å². The largest absolute Gasteiger partial charge is 0.387 e. The number of amides is 1. The lowest BCUT2D eigenvalue weighted by Gasteiger charge is -2.31. The summed E-state index contributed by atoms with van der Waals surface area (Å²) in [5.74, 6) is -1.05. The third-order valence-corrected chi connectivity index (χ3v) is 8.96. The second-order valence-corrected chi connectivity index (χ2v) is 12.7. The van der Waals surface area contributed by atoms with Gasteiger partial charge in [-0.3, -0.25) is 14.0 Å². The number of benzene rings is 1. The molecule has 4 heterocycles. The van der Waals surface area contributed by atoms with E-state index < -0.39 is 58.7 Å². The Morgan fingerprint density at radius 3 is 2.57 bits per heavy atom. The van der Waals surface area contributed by atoms with Crippen LogP contribution in [0.15, 0.2) is 34.8 Å². The van der Waals surface area contributed by atoms with Crippen LogP contribution in [0.25, 0.3) is 0 Å². The maximum absolute atomic E-state index is 13.3. The molecular formula is C25H24ClF4N5O5S2. The molecule has 2 aliphatic rings. The summed E-state index contributed by atoms with van der Waals surface area (Å²) in [5, 5.41) is 10.7. The summed E-state index contributed by atoms with van der Waals surface area (Å²) in [6.45, 7) is 0.115. The van der Waals surface area contributed by atoms with Gasteiger partial charge >= 0.3 is 0 Å². The van der Waals surface area contributed by atoms with E-state index in [2.05, 4.69) is 10.3 Å². The van der Waals surface area contributed by atoms with Crippen LogP contribution in [0, 0.1) is 0 Å². The van der Waals surface area contributed by atoms with Crippen LogP contribution in [0.3, 0.4) is 0 Å². The molecule has 5 rings (SSSR count). The van der Waals surface area contributed by atoms with Gasteiger partial charge in [0.05, 0.1) is 10.7 Å². The number of aromatic nitrogens is 3. The third kappa shape index (κ3) is 6.93. The lowest BCUT2D eigenvalue weighted by Crippen LogP contribution is -2.40. The lowest BCUT2D eigenvalue weighted by molar-refractivity contribution is -0.133. The zero-order chi connectivity index (χ0) is 30.2. The number of likely N-dealkylation sites (tertiary alicyclic amines) is 1. The number of oxime groups is 1. The molecule has 1 fully saturated rings. The molecule has 1 N–H and O–H groups in total. The van der Waals surface area contributed by atoms with Gasteiger partial charge < -0.3 is 9.74 Å². The lowest BCUT2D eigenvalue weighted by atomic mass is 9.97. The minimum Gasteiger partial charge on any atom is -0.387 e. The zero-order valence-corrected chi connectivity index (χ0v) is 24.1. The zero-order valence-electron chi connectivity index (χ0n) is 21.7. The minimum absolute atomic E-state index is 0.0348. The average Bonchev–Trinajstić information content (AvgIpc) is 3.69. The molecule has 2 aromatic heterocycles. The molecule has 3 aromatic rings. The maximum atomic E-state index is 13.3. The molecule has 1 aromatic carbocycles. The smallest absolute Gasteiger partial charge is 0.282 e. The second-order valence-electron chi connectivity index (χ2n) is 9.88. The molecule has 226 valence electrons. The Balaban J connectivity index is 1.19. The van der Waals surface area contributed by atoms with Gasteiger partial charge in [0.15, 0.2) is 6.10 Å². The first-order chi connectivity index (χ1) is 19.9. The van der Waals surface area contributed by atoms with Gasteiger partial charge in [0.1, 0.15) is 29.4 Å². The van der Waals surface area contributed by atoms with Crippen LogP contribution in [-0.4, -0.2) is 57.3 Å². The predicted octanol–water partition coefficient (Wildman–Crippen LogP) is 5.53. The molecule has 0 spiro atoms. The van der Waals surface area contributed by atoms with E-state index in [9.17, 15) is 35.3 Å². The van der Waals surface area contributed by atoms with Crippen molar-refractivity contribution < 1.29 is 40.2 Å². The molecular weight excluding hydrogens is 626 g/mol. The summed E-state index contributed by atoms with van der Waals surface area (Å²) in [4.78, 5) is 24.5. The first-order valence-electron chi connectivity index (χ1n) is 12.7. The van der Waals surface area contributed by atoms with E-state index in [0.29, 0.717) is 70.7 Å². The van der Waals surface area contributed by atoms with E-state index in [1.165, 1.54) is 28.4 Å². The van der Waals surface area contributed by atoms with Crippen LogP contribution in [0.2, 0.25) is 5.02 Å². The molecule has 0 bridgehead atoms. The number of alkyl halides is 4. The number of nitrogens with zero attached hydrogens (tertiary/aromatic N) is 5. The van der Waals surface area contributed by atoms with Gasteiger partial charge in [-0.1, -0.05) is 22.8 Å². The molecule has 1 saturated heterocycles. The number of hydrogen-bond acceptors (Lipinski definition) is 8. The molecule has 17 heteroatoms. The van der Waals surface area contributed by atoms with Gasteiger partial charge in [-0.15, -0.1) is 11.3 Å². The average molecular weight is 650 g/mol. The van der Waals surface area contributed by atoms with Crippen molar-refractivity contribution in [2.75, 3.05) is 13.1 Å². The predicted molar refractivity (Wildman–Crippen MR) is 144 cm³/mol. The number of thiazole rings is 1. The molecule has 0 radical (unpaired) electrons. The van der Waals surface area contributed by atoms with Gasteiger partial charge in [-0.25, -0.2) is 22.5 Å². The molecule has 1 atom stereocenters. The highest BCUT2D eigenvalue weighted by atomic mass is 35.5. The van der Waals surface area contributed by atoms with E-state index in [1.807, 2.05) is 5.38 Å². The standard InChI is InChI=1S/C25H24ClF4N5O5S2/c26-15-2-1-14(12-42(37,38)39)16(7-15)21-9-17(33-40-21)19-11-41-25(31-19)13-3-5-34(6-4-13)22(36)10-35-20(24(29)30)8-18(32-35)23(27)28/h1-2,7-8,11,13,21,23-24H,3-6,9-10,12H2,(H,37,38,39). The fraction of sp³-hybridized carbons (Fsp3) is 0.440. The van der Waals surface area contributed by atoms with Crippen LogP contribution >= 0.6 is 22.9 Å². The van der Waals surface area contributed by atoms with Gasteiger partial charge in [-0.2, -0.15) is 13.5 Å². The molecule has 1 unspecified atom stereocenters. The minimum atomic E-state index is -4.28. The van der Waals surface area contributed by atoms with Crippen LogP contribution in [0.4, 0.5) is 17.6 Å². The van der Waals surface area contributed by atoms with Crippen LogP contribution in [0.5, 0.6) is 0 Å². The number of carbonyl (C=O) groups is 1. The Kier molecular flexibility index (Phi) is 8.87. The molecule has 42 heavy (non-hydrogen) atoms. The molecule has 0 saturated carbocycles. The quantitative estimate of drug-likeness (QED) is 0.239. The molecule has 2 aliphatic heterocycles. The molecule has 0 aliphatic carbocycles. The number of hydrogen-bond donors (Lipinski definition) is 1. The van der Waals surface area contributed by atoms with Gasteiger partial charge in [-0.05, 0) is 36.6 Å². The Morgan fingerprint density at radius 2 is 1.90 bits per heavy atom.